The molecule has 1 aromatic heterocycles. The molecule has 2 amide bonds. The molecule has 0 fully saturated rings. The average Bonchev–Trinajstić information content (AvgIpc) is 2.91. The standard InChI is InChI=1S/C25H24FN5O5/c1-3-19-22(17-7-10-20(34-2)21(13-17)35-15-26)30-31(25(33)36-19)14-16-5-8-18(9-6-16)29-24(32)23-27-11-4-12-28-23/h4-13,19H,3,14-15H2,1-2H3,(H,29,32). The molecule has 10 nitrogen and oxygen atoms in total. The van der Waals surface area contributed by atoms with E-state index in [1.807, 2.05) is 6.92 Å². The maximum atomic E-state index is 12.8. The van der Waals surface area contributed by atoms with E-state index in [9.17, 15) is 14.0 Å². The maximum Gasteiger partial charge on any atom is 0.431 e. The molecule has 1 atom stereocenters. The summed E-state index contributed by atoms with van der Waals surface area (Å²) in [6.45, 7) is 0.997. The first-order chi connectivity index (χ1) is 17.5. The Balaban J connectivity index is 1.52. The molecule has 1 aliphatic rings. The molecule has 0 saturated heterocycles. The predicted octanol–water partition coefficient (Wildman–Crippen LogP) is 4.18. The van der Waals surface area contributed by atoms with Crippen molar-refractivity contribution in [3.05, 3.63) is 77.9 Å². The van der Waals surface area contributed by atoms with Gasteiger partial charge in [-0.2, -0.15) is 10.1 Å². The molecule has 186 valence electrons. The average molecular weight is 493 g/mol. The number of benzene rings is 2. The third-order valence-corrected chi connectivity index (χ3v) is 5.34. The number of cyclic esters (lactones) is 1. The fourth-order valence-corrected chi connectivity index (χ4v) is 3.57. The summed E-state index contributed by atoms with van der Waals surface area (Å²) < 4.78 is 28.7. The van der Waals surface area contributed by atoms with E-state index in [1.54, 1.807) is 48.5 Å². The number of hydrogen-bond donors (Lipinski definition) is 1. The minimum absolute atomic E-state index is 0.0589. The van der Waals surface area contributed by atoms with Crippen molar-refractivity contribution in [2.75, 3.05) is 19.3 Å². The summed E-state index contributed by atoms with van der Waals surface area (Å²) >= 11 is 0. The number of methoxy groups -OCH3 is 1. The van der Waals surface area contributed by atoms with Crippen LogP contribution in [0.5, 0.6) is 11.5 Å². The van der Waals surface area contributed by atoms with Crippen molar-refractivity contribution >= 4 is 23.4 Å². The largest absolute Gasteiger partial charge is 0.493 e. The summed E-state index contributed by atoms with van der Waals surface area (Å²) in [5.74, 6) is 0.222. The summed E-state index contributed by atoms with van der Waals surface area (Å²) in [5.41, 5.74) is 2.43. The van der Waals surface area contributed by atoms with Gasteiger partial charge in [0, 0.05) is 23.6 Å². The van der Waals surface area contributed by atoms with Crippen molar-refractivity contribution in [2.45, 2.75) is 26.0 Å². The lowest BCUT2D eigenvalue weighted by Gasteiger charge is -2.29. The van der Waals surface area contributed by atoms with Gasteiger partial charge in [0.15, 0.2) is 11.5 Å². The van der Waals surface area contributed by atoms with Crippen LogP contribution in [0.3, 0.4) is 0 Å². The SMILES string of the molecule is CCC1OC(=O)N(Cc2ccc(NC(=O)c3ncccn3)cc2)N=C1c1ccc(OC)c(OCF)c1. The van der Waals surface area contributed by atoms with Crippen LogP contribution in [0.4, 0.5) is 14.9 Å². The number of alkyl halides is 1. The van der Waals surface area contributed by atoms with Crippen LogP contribution < -0.4 is 14.8 Å². The number of aromatic nitrogens is 2. The quantitative estimate of drug-likeness (QED) is 0.476. The lowest BCUT2D eigenvalue weighted by Crippen LogP contribution is -2.41. The number of amides is 2. The van der Waals surface area contributed by atoms with Crippen LogP contribution in [0, 0.1) is 0 Å². The van der Waals surface area contributed by atoms with Crippen molar-refractivity contribution in [1.29, 1.82) is 0 Å². The van der Waals surface area contributed by atoms with Crippen molar-refractivity contribution < 1.29 is 28.2 Å². The normalized spacial score (nSPS) is 15.1. The highest BCUT2D eigenvalue weighted by Crippen LogP contribution is 2.30. The van der Waals surface area contributed by atoms with Crippen LogP contribution in [-0.2, 0) is 11.3 Å². The highest BCUT2D eigenvalue weighted by atomic mass is 19.1. The van der Waals surface area contributed by atoms with Crippen molar-refractivity contribution in [3.8, 4) is 11.5 Å². The van der Waals surface area contributed by atoms with Crippen LogP contribution in [0.2, 0.25) is 0 Å². The molecule has 1 unspecified atom stereocenters. The molecule has 0 saturated carbocycles. The number of nitrogens with one attached hydrogen (secondary N) is 1. The molecular formula is C25H24FN5O5. The molecule has 1 aliphatic heterocycles. The smallest absolute Gasteiger partial charge is 0.431 e. The Hall–Kier alpha value is -4.54. The van der Waals surface area contributed by atoms with Gasteiger partial charge >= 0.3 is 6.09 Å². The topological polar surface area (TPSA) is 115 Å². The predicted molar refractivity (Wildman–Crippen MR) is 129 cm³/mol. The number of hydrazone groups is 1. The van der Waals surface area contributed by atoms with Gasteiger partial charge in [0.05, 0.1) is 13.7 Å². The number of nitrogens with zero attached hydrogens (tertiary/aromatic N) is 4. The Kier molecular flexibility index (Phi) is 7.69. The van der Waals surface area contributed by atoms with E-state index in [4.69, 9.17) is 14.2 Å². The van der Waals surface area contributed by atoms with Crippen LogP contribution in [0.1, 0.15) is 35.1 Å². The third kappa shape index (κ3) is 5.57. The zero-order valence-electron chi connectivity index (χ0n) is 19.7. The Bertz CT molecular complexity index is 1250. The molecule has 0 bridgehead atoms. The number of rotatable bonds is 9. The molecule has 0 radical (unpaired) electrons. The van der Waals surface area contributed by atoms with Gasteiger partial charge < -0.3 is 19.5 Å². The van der Waals surface area contributed by atoms with Gasteiger partial charge in [-0.3, -0.25) is 4.79 Å². The molecule has 0 spiro atoms. The van der Waals surface area contributed by atoms with Crippen LogP contribution in [-0.4, -0.2) is 52.8 Å². The molecular weight excluding hydrogens is 469 g/mol. The third-order valence-electron chi connectivity index (χ3n) is 5.34. The number of ether oxygens (including phenoxy) is 3. The van der Waals surface area contributed by atoms with E-state index < -0.39 is 25.0 Å². The van der Waals surface area contributed by atoms with E-state index in [-0.39, 0.29) is 18.1 Å². The summed E-state index contributed by atoms with van der Waals surface area (Å²) in [5, 5.41) is 8.48. The van der Waals surface area contributed by atoms with E-state index in [0.717, 1.165) is 5.56 Å². The van der Waals surface area contributed by atoms with Gasteiger partial charge in [0.25, 0.3) is 5.91 Å². The highest BCUT2D eigenvalue weighted by molar-refractivity contribution is 6.06. The van der Waals surface area contributed by atoms with Gasteiger partial charge in [-0.05, 0) is 48.4 Å². The fraction of sp³-hybridized carbons (Fsp3) is 0.240. The zero-order valence-corrected chi connectivity index (χ0v) is 19.7. The number of anilines is 1. The second-order valence-electron chi connectivity index (χ2n) is 7.67. The van der Waals surface area contributed by atoms with Crippen LogP contribution in [0.25, 0.3) is 0 Å². The van der Waals surface area contributed by atoms with Gasteiger partial charge in [0.2, 0.25) is 12.7 Å². The summed E-state index contributed by atoms with van der Waals surface area (Å²) in [7, 11) is 1.46. The Labute approximate surface area is 206 Å². The Morgan fingerprint density at radius 2 is 1.89 bits per heavy atom. The molecule has 11 heteroatoms. The number of halogens is 1. The Morgan fingerprint density at radius 3 is 2.56 bits per heavy atom. The maximum absolute atomic E-state index is 12.8. The molecule has 2 heterocycles. The second-order valence-corrected chi connectivity index (χ2v) is 7.67. The zero-order chi connectivity index (χ0) is 25.5. The first-order valence-electron chi connectivity index (χ1n) is 11.1. The van der Waals surface area contributed by atoms with E-state index in [0.29, 0.717) is 29.1 Å². The molecule has 36 heavy (non-hydrogen) atoms. The highest BCUT2D eigenvalue weighted by Gasteiger charge is 2.31. The first-order valence-corrected chi connectivity index (χ1v) is 11.1. The molecule has 2 aromatic carbocycles. The molecule has 1 N–H and O–H groups in total. The van der Waals surface area contributed by atoms with Crippen molar-refractivity contribution in [2.24, 2.45) is 5.10 Å². The van der Waals surface area contributed by atoms with Gasteiger partial charge in [-0.25, -0.2) is 19.2 Å². The minimum atomic E-state index is -1.01. The summed E-state index contributed by atoms with van der Waals surface area (Å²) in [4.78, 5) is 32.7. The van der Waals surface area contributed by atoms with Gasteiger partial charge in [-0.1, -0.05) is 19.1 Å². The van der Waals surface area contributed by atoms with Crippen molar-refractivity contribution in [3.63, 3.8) is 0 Å². The molecule has 0 aliphatic carbocycles. The van der Waals surface area contributed by atoms with Crippen molar-refractivity contribution in [1.82, 2.24) is 15.0 Å². The summed E-state index contributed by atoms with van der Waals surface area (Å²) in [6.07, 6.45) is 2.32. The number of carbonyl (C=O) groups excluding carboxylic acids is 2. The monoisotopic (exact) mass is 493 g/mol. The van der Waals surface area contributed by atoms with E-state index in [1.165, 1.54) is 24.5 Å². The first kappa shape index (κ1) is 24.6. The van der Waals surface area contributed by atoms with Crippen LogP contribution in [0.15, 0.2) is 66.0 Å². The molecule has 4 rings (SSSR count). The number of carbonyl (C=O) groups is 2. The van der Waals surface area contributed by atoms with E-state index in [2.05, 4.69) is 20.4 Å². The van der Waals surface area contributed by atoms with Crippen LogP contribution >= 0.6 is 0 Å². The van der Waals surface area contributed by atoms with Gasteiger partial charge in [0.1, 0.15) is 11.8 Å². The number of hydrogen-bond acceptors (Lipinski definition) is 8. The Morgan fingerprint density at radius 1 is 1.14 bits per heavy atom. The van der Waals surface area contributed by atoms with E-state index >= 15 is 0 Å². The minimum Gasteiger partial charge on any atom is -0.493 e. The lowest BCUT2D eigenvalue weighted by atomic mass is 10.0. The summed E-state index contributed by atoms with van der Waals surface area (Å²) in [6, 6.07) is 13.5. The van der Waals surface area contributed by atoms with Gasteiger partial charge in [-0.15, -0.1) is 0 Å². The fourth-order valence-electron chi connectivity index (χ4n) is 3.57. The lowest BCUT2D eigenvalue weighted by molar-refractivity contribution is 0.0712. The molecule has 3 aromatic rings. The second kappa shape index (κ2) is 11.3.